The van der Waals surface area contributed by atoms with Crippen molar-refractivity contribution in [2.75, 3.05) is 26.2 Å². The van der Waals surface area contributed by atoms with Gasteiger partial charge in [0.2, 0.25) is 0 Å². The van der Waals surface area contributed by atoms with Crippen molar-refractivity contribution in [1.29, 1.82) is 0 Å². The number of benzene rings is 3. The maximum absolute atomic E-state index is 13.9. The summed E-state index contributed by atoms with van der Waals surface area (Å²) >= 11 is 6.34. The number of ether oxygens (including phenoxy) is 1. The number of amides is 3. The van der Waals surface area contributed by atoms with Crippen LogP contribution in [0.2, 0.25) is 5.02 Å². The molecule has 0 radical (unpaired) electrons. The molecular formula is C27H26ClN3O3. The minimum Gasteiger partial charge on any atom is -0.374 e. The second-order valence-corrected chi connectivity index (χ2v) is 9.05. The van der Waals surface area contributed by atoms with E-state index in [9.17, 15) is 9.59 Å². The highest BCUT2D eigenvalue weighted by Crippen LogP contribution is 2.36. The van der Waals surface area contributed by atoms with E-state index in [-0.39, 0.29) is 18.6 Å². The Morgan fingerprint density at radius 1 is 0.912 bits per heavy atom. The molecule has 0 bridgehead atoms. The quantitative estimate of drug-likeness (QED) is 0.547. The van der Waals surface area contributed by atoms with E-state index in [4.69, 9.17) is 16.3 Å². The standard InChI is InChI=1S/C27H26ClN3O3/c28-24-14-8-7-9-20(24)17-30-15-16-34-23(18-30)19-31-25(32)27(29-26(31)33,21-10-3-1-4-11-21)22-12-5-2-6-13-22/h1-14,23H,15-19H2,(H,29,33)/t23-/m0/s1. The Hall–Kier alpha value is -3.19. The first kappa shape index (κ1) is 22.6. The van der Waals surface area contributed by atoms with Crippen molar-refractivity contribution in [2.45, 2.75) is 18.2 Å². The Kier molecular flexibility index (Phi) is 6.37. The van der Waals surface area contributed by atoms with Crippen LogP contribution >= 0.6 is 11.6 Å². The van der Waals surface area contributed by atoms with Gasteiger partial charge < -0.3 is 10.1 Å². The molecule has 3 aromatic carbocycles. The lowest BCUT2D eigenvalue weighted by Gasteiger charge is -2.34. The van der Waals surface area contributed by atoms with Crippen molar-refractivity contribution in [3.05, 3.63) is 107 Å². The van der Waals surface area contributed by atoms with E-state index in [2.05, 4.69) is 10.2 Å². The molecule has 2 heterocycles. The average Bonchev–Trinajstić information content (AvgIpc) is 3.12. The highest BCUT2D eigenvalue weighted by molar-refractivity contribution is 6.31. The number of morpholine rings is 1. The molecule has 174 valence electrons. The smallest absolute Gasteiger partial charge is 0.325 e. The maximum Gasteiger partial charge on any atom is 0.325 e. The summed E-state index contributed by atoms with van der Waals surface area (Å²) in [5.41, 5.74) is 1.25. The van der Waals surface area contributed by atoms with Gasteiger partial charge in [-0.3, -0.25) is 14.6 Å². The third-order valence-corrected chi connectivity index (χ3v) is 6.85. The van der Waals surface area contributed by atoms with E-state index in [0.717, 1.165) is 28.3 Å². The number of rotatable bonds is 6. The number of nitrogens with zero attached hydrogens (tertiary/aromatic N) is 2. The Morgan fingerprint density at radius 3 is 2.18 bits per heavy atom. The Bertz CT molecular complexity index is 1130. The fourth-order valence-electron chi connectivity index (χ4n) is 4.78. The second kappa shape index (κ2) is 9.58. The fraction of sp³-hybridized carbons (Fsp3) is 0.259. The molecule has 0 aromatic heterocycles. The van der Waals surface area contributed by atoms with Crippen molar-refractivity contribution < 1.29 is 14.3 Å². The average molecular weight is 476 g/mol. The summed E-state index contributed by atoms with van der Waals surface area (Å²) in [6, 6.07) is 26.1. The lowest BCUT2D eigenvalue weighted by atomic mass is 9.82. The van der Waals surface area contributed by atoms with Gasteiger partial charge in [0, 0.05) is 24.7 Å². The minimum absolute atomic E-state index is 0.186. The van der Waals surface area contributed by atoms with E-state index in [1.165, 1.54) is 4.90 Å². The highest BCUT2D eigenvalue weighted by atomic mass is 35.5. The van der Waals surface area contributed by atoms with Gasteiger partial charge in [-0.15, -0.1) is 0 Å². The van der Waals surface area contributed by atoms with Gasteiger partial charge in [-0.1, -0.05) is 90.5 Å². The Balaban J connectivity index is 1.37. The van der Waals surface area contributed by atoms with Crippen molar-refractivity contribution in [2.24, 2.45) is 0 Å². The normalized spacial score (nSPS) is 20.4. The van der Waals surface area contributed by atoms with E-state index in [1.54, 1.807) is 0 Å². The van der Waals surface area contributed by atoms with Gasteiger partial charge in [-0.25, -0.2) is 4.79 Å². The zero-order valence-corrected chi connectivity index (χ0v) is 19.4. The van der Waals surface area contributed by atoms with Gasteiger partial charge in [0.15, 0.2) is 5.54 Å². The van der Waals surface area contributed by atoms with Gasteiger partial charge in [0.05, 0.1) is 19.3 Å². The lowest BCUT2D eigenvalue weighted by molar-refractivity contribution is -0.132. The predicted octanol–water partition coefficient (Wildman–Crippen LogP) is 4.04. The summed E-state index contributed by atoms with van der Waals surface area (Å²) < 4.78 is 5.97. The number of urea groups is 1. The topological polar surface area (TPSA) is 61.9 Å². The summed E-state index contributed by atoms with van der Waals surface area (Å²) in [4.78, 5) is 30.6. The van der Waals surface area contributed by atoms with Gasteiger partial charge in [0.1, 0.15) is 0 Å². The molecule has 1 atom stereocenters. The van der Waals surface area contributed by atoms with Crippen LogP contribution in [0.4, 0.5) is 4.79 Å². The van der Waals surface area contributed by atoms with Crippen LogP contribution in [-0.4, -0.2) is 54.1 Å². The zero-order chi connectivity index (χ0) is 23.5. The summed E-state index contributed by atoms with van der Waals surface area (Å²) in [6.07, 6.45) is -0.284. The molecule has 3 aromatic rings. The fourth-order valence-corrected chi connectivity index (χ4v) is 4.98. The van der Waals surface area contributed by atoms with Gasteiger partial charge in [-0.2, -0.15) is 0 Å². The highest BCUT2D eigenvalue weighted by Gasteiger charge is 2.54. The molecule has 0 aliphatic carbocycles. The molecule has 1 N–H and O–H groups in total. The number of halogens is 1. The number of hydrogen-bond acceptors (Lipinski definition) is 4. The third-order valence-electron chi connectivity index (χ3n) is 6.48. The molecule has 5 rings (SSSR count). The van der Waals surface area contributed by atoms with Crippen molar-refractivity contribution >= 4 is 23.5 Å². The van der Waals surface area contributed by atoms with E-state index in [0.29, 0.717) is 19.7 Å². The maximum atomic E-state index is 13.9. The van der Waals surface area contributed by atoms with Crippen LogP contribution in [0.3, 0.4) is 0 Å². The van der Waals surface area contributed by atoms with Crippen molar-refractivity contribution in [3.8, 4) is 0 Å². The molecule has 2 aliphatic heterocycles. The van der Waals surface area contributed by atoms with Crippen LogP contribution < -0.4 is 5.32 Å². The molecular weight excluding hydrogens is 450 g/mol. The lowest BCUT2D eigenvalue weighted by Crippen LogP contribution is -2.49. The first-order valence-electron chi connectivity index (χ1n) is 11.4. The minimum atomic E-state index is -1.26. The molecule has 0 saturated carbocycles. The SMILES string of the molecule is O=C1NC(c2ccccc2)(c2ccccc2)C(=O)N1C[C@@H]1CN(Cc2ccccc2Cl)CCO1. The Labute approximate surface area is 204 Å². The molecule has 2 aliphatic rings. The summed E-state index contributed by atoms with van der Waals surface area (Å²) in [7, 11) is 0. The summed E-state index contributed by atoms with van der Waals surface area (Å²) in [5, 5.41) is 3.73. The number of carbonyl (C=O) groups is 2. The van der Waals surface area contributed by atoms with Crippen LogP contribution in [0, 0.1) is 0 Å². The molecule has 0 spiro atoms. The third kappa shape index (κ3) is 4.20. The number of nitrogens with one attached hydrogen (secondary N) is 1. The number of carbonyl (C=O) groups excluding carboxylic acids is 2. The van der Waals surface area contributed by atoms with Crippen LogP contribution in [0.1, 0.15) is 16.7 Å². The molecule has 34 heavy (non-hydrogen) atoms. The first-order valence-corrected chi connectivity index (χ1v) is 11.8. The monoisotopic (exact) mass is 475 g/mol. The molecule has 3 amide bonds. The van der Waals surface area contributed by atoms with Crippen LogP contribution in [0.15, 0.2) is 84.9 Å². The molecule has 2 fully saturated rings. The van der Waals surface area contributed by atoms with Crippen LogP contribution in [0.5, 0.6) is 0 Å². The molecule has 2 saturated heterocycles. The largest absolute Gasteiger partial charge is 0.374 e. The van der Waals surface area contributed by atoms with Crippen LogP contribution in [-0.2, 0) is 21.6 Å². The predicted molar refractivity (Wildman–Crippen MR) is 130 cm³/mol. The Morgan fingerprint density at radius 2 is 1.53 bits per heavy atom. The van der Waals surface area contributed by atoms with Gasteiger partial charge >= 0.3 is 6.03 Å². The second-order valence-electron chi connectivity index (χ2n) is 8.65. The molecule has 6 nitrogen and oxygen atoms in total. The number of imide groups is 1. The number of hydrogen-bond donors (Lipinski definition) is 1. The summed E-state index contributed by atoms with van der Waals surface area (Å²) in [5.74, 6) is -0.290. The van der Waals surface area contributed by atoms with Crippen molar-refractivity contribution in [1.82, 2.24) is 15.1 Å². The van der Waals surface area contributed by atoms with Crippen molar-refractivity contribution in [3.63, 3.8) is 0 Å². The molecule has 0 unspecified atom stereocenters. The van der Waals surface area contributed by atoms with E-state index >= 15 is 0 Å². The zero-order valence-electron chi connectivity index (χ0n) is 18.7. The summed E-state index contributed by atoms with van der Waals surface area (Å²) in [6.45, 7) is 2.77. The van der Waals surface area contributed by atoms with Gasteiger partial charge in [-0.05, 0) is 22.8 Å². The van der Waals surface area contributed by atoms with Crippen LogP contribution in [0.25, 0.3) is 0 Å². The van der Waals surface area contributed by atoms with E-state index in [1.807, 2.05) is 84.9 Å². The van der Waals surface area contributed by atoms with E-state index < -0.39 is 11.6 Å². The first-order chi connectivity index (χ1) is 16.6. The molecule has 7 heteroatoms. The van der Waals surface area contributed by atoms with Gasteiger partial charge in [0.25, 0.3) is 5.91 Å².